The number of nitrogens with two attached hydrogens (primary N) is 1. The Kier molecular flexibility index (Phi) is 4.33. The molecule has 0 fully saturated rings. The molecule has 0 aliphatic rings. The van der Waals surface area contributed by atoms with Gasteiger partial charge in [-0.2, -0.15) is 0 Å². The number of nitrogens with zero attached hydrogens (tertiary/aromatic N) is 1. The van der Waals surface area contributed by atoms with Gasteiger partial charge in [-0.25, -0.2) is 8.42 Å². The Labute approximate surface area is 100 Å². The van der Waals surface area contributed by atoms with Crippen LogP contribution < -0.4 is 11.1 Å². The Morgan fingerprint density at radius 1 is 1.41 bits per heavy atom. The second kappa shape index (κ2) is 5.53. The van der Waals surface area contributed by atoms with Crippen LogP contribution in [0, 0.1) is 0 Å². The molecule has 1 aromatic carbocycles. The first kappa shape index (κ1) is 13.3. The molecule has 0 aliphatic carbocycles. The van der Waals surface area contributed by atoms with E-state index in [4.69, 9.17) is 10.9 Å². The third kappa shape index (κ3) is 4.31. The van der Waals surface area contributed by atoms with E-state index in [9.17, 15) is 8.42 Å². The summed E-state index contributed by atoms with van der Waals surface area (Å²) in [4.78, 5) is 0.277. The van der Waals surface area contributed by atoms with Gasteiger partial charge in [-0.15, -0.1) is 0 Å². The molecule has 7 heteroatoms. The minimum atomic E-state index is -3.16. The van der Waals surface area contributed by atoms with E-state index in [-0.39, 0.29) is 10.7 Å². The topological polar surface area (TPSA) is 105 Å². The summed E-state index contributed by atoms with van der Waals surface area (Å²) in [5.41, 5.74) is 6.08. The zero-order valence-electron chi connectivity index (χ0n) is 9.42. The molecule has 6 nitrogen and oxygen atoms in total. The fraction of sp³-hybridized carbons (Fsp3) is 0.300. The SMILES string of the molecule is CS(=O)(=O)c1ccc(NCCC(N)=NO)cc1. The maximum absolute atomic E-state index is 11.2. The van der Waals surface area contributed by atoms with Crippen molar-refractivity contribution in [2.24, 2.45) is 10.9 Å². The molecular weight excluding hydrogens is 242 g/mol. The Morgan fingerprint density at radius 2 is 2.00 bits per heavy atom. The van der Waals surface area contributed by atoms with Crippen molar-refractivity contribution in [3.8, 4) is 0 Å². The summed E-state index contributed by atoms with van der Waals surface area (Å²) in [6.07, 6.45) is 1.57. The van der Waals surface area contributed by atoms with Crippen LogP contribution in [0.4, 0.5) is 5.69 Å². The predicted octanol–water partition coefficient (Wildman–Crippen LogP) is 0.639. The van der Waals surface area contributed by atoms with Gasteiger partial charge in [0.05, 0.1) is 4.90 Å². The van der Waals surface area contributed by atoms with E-state index in [0.717, 1.165) is 11.9 Å². The monoisotopic (exact) mass is 257 g/mol. The van der Waals surface area contributed by atoms with Gasteiger partial charge in [0.2, 0.25) is 0 Å². The summed E-state index contributed by atoms with van der Waals surface area (Å²) in [6.45, 7) is 0.508. The third-order valence-electron chi connectivity index (χ3n) is 2.12. The van der Waals surface area contributed by atoms with Crippen LogP contribution in [0.15, 0.2) is 34.3 Å². The van der Waals surface area contributed by atoms with Crippen LogP contribution in [0.1, 0.15) is 6.42 Å². The Balaban J connectivity index is 2.58. The quantitative estimate of drug-likeness (QED) is 0.311. The summed E-state index contributed by atoms with van der Waals surface area (Å²) in [5, 5.41) is 14.2. The normalized spacial score (nSPS) is 12.4. The van der Waals surface area contributed by atoms with E-state index in [2.05, 4.69) is 10.5 Å². The van der Waals surface area contributed by atoms with Gasteiger partial charge < -0.3 is 16.3 Å². The minimum Gasteiger partial charge on any atom is -0.409 e. The fourth-order valence-corrected chi connectivity index (χ4v) is 1.84. The van der Waals surface area contributed by atoms with Gasteiger partial charge in [0.15, 0.2) is 9.84 Å². The van der Waals surface area contributed by atoms with Gasteiger partial charge in [0.25, 0.3) is 0 Å². The van der Waals surface area contributed by atoms with Gasteiger partial charge >= 0.3 is 0 Å². The van der Waals surface area contributed by atoms with Crippen molar-refractivity contribution >= 4 is 21.4 Å². The number of amidine groups is 1. The molecule has 0 aliphatic heterocycles. The lowest BCUT2D eigenvalue weighted by Gasteiger charge is -2.06. The second-order valence-electron chi connectivity index (χ2n) is 3.56. The molecule has 0 heterocycles. The number of hydrogen-bond acceptors (Lipinski definition) is 5. The van der Waals surface area contributed by atoms with Crippen molar-refractivity contribution in [1.29, 1.82) is 0 Å². The molecule has 0 radical (unpaired) electrons. The third-order valence-corrected chi connectivity index (χ3v) is 3.25. The van der Waals surface area contributed by atoms with E-state index in [1.54, 1.807) is 12.1 Å². The van der Waals surface area contributed by atoms with Gasteiger partial charge in [0.1, 0.15) is 5.84 Å². The zero-order valence-corrected chi connectivity index (χ0v) is 10.2. The van der Waals surface area contributed by atoms with Crippen molar-refractivity contribution in [2.45, 2.75) is 11.3 Å². The van der Waals surface area contributed by atoms with Crippen LogP contribution in [0.2, 0.25) is 0 Å². The van der Waals surface area contributed by atoms with Crippen molar-refractivity contribution in [1.82, 2.24) is 0 Å². The molecule has 0 bridgehead atoms. The molecule has 94 valence electrons. The van der Waals surface area contributed by atoms with Crippen LogP contribution in [-0.4, -0.2) is 32.3 Å². The smallest absolute Gasteiger partial charge is 0.175 e. The van der Waals surface area contributed by atoms with Crippen LogP contribution in [0.5, 0.6) is 0 Å². The van der Waals surface area contributed by atoms with Gasteiger partial charge in [-0.05, 0) is 24.3 Å². The first-order valence-electron chi connectivity index (χ1n) is 4.94. The molecule has 1 rings (SSSR count). The summed E-state index contributed by atoms with van der Waals surface area (Å²) in [7, 11) is -3.16. The molecule has 0 unspecified atom stereocenters. The van der Waals surface area contributed by atoms with Crippen LogP contribution in [-0.2, 0) is 9.84 Å². The van der Waals surface area contributed by atoms with Gasteiger partial charge in [0, 0.05) is 24.9 Å². The largest absolute Gasteiger partial charge is 0.409 e. The fourth-order valence-electron chi connectivity index (χ4n) is 1.20. The summed E-state index contributed by atoms with van der Waals surface area (Å²) >= 11 is 0. The van der Waals surface area contributed by atoms with Crippen molar-refractivity contribution in [3.05, 3.63) is 24.3 Å². The minimum absolute atomic E-state index is 0.144. The highest BCUT2D eigenvalue weighted by Crippen LogP contribution is 2.13. The molecule has 0 atom stereocenters. The van der Waals surface area contributed by atoms with E-state index in [1.165, 1.54) is 12.1 Å². The van der Waals surface area contributed by atoms with Gasteiger partial charge in [-0.1, -0.05) is 5.16 Å². The number of anilines is 1. The molecule has 4 N–H and O–H groups in total. The summed E-state index contributed by atoms with van der Waals surface area (Å²) in [5.74, 6) is 0.144. The number of rotatable bonds is 5. The Bertz CT molecular complexity index is 494. The van der Waals surface area contributed by atoms with Crippen molar-refractivity contribution in [2.75, 3.05) is 18.1 Å². The molecule has 17 heavy (non-hydrogen) atoms. The van der Waals surface area contributed by atoms with E-state index in [0.29, 0.717) is 13.0 Å². The molecular formula is C10H15N3O3S. The molecule has 0 spiro atoms. The Hall–Kier alpha value is -1.76. The maximum Gasteiger partial charge on any atom is 0.175 e. The lowest BCUT2D eigenvalue weighted by molar-refractivity contribution is 0.317. The number of benzene rings is 1. The second-order valence-corrected chi connectivity index (χ2v) is 5.58. The first-order valence-corrected chi connectivity index (χ1v) is 6.83. The number of nitrogens with one attached hydrogen (secondary N) is 1. The molecule has 0 saturated carbocycles. The van der Waals surface area contributed by atoms with Crippen LogP contribution in [0.3, 0.4) is 0 Å². The van der Waals surface area contributed by atoms with E-state index in [1.807, 2.05) is 0 Å². The van der Waals surface area contributed by atoms with Gasteiger partial charge in [-0.3, -0.25) is 0 Å². The highest BCUT2D eigenvalue weighted by atomic mass is 32.2. The van der Waals surface area contributed by atoms with Crippen molar-refractivity contribution < 1.29 is 13.6 Å². The molecule has 0 saturated heterocycles. The number of hydrogen-bond donors (Lipinski definition) is 3. The lowest BCUT2D eigenvalue weighted by atomic mass is 10.3. The molecule has 0 amide bonds. The number of oxime groups is 1. The summed E-state index contributed by atoms with van der Waals surface area (Å²) in [6, 6.07) is 6.40. The zero-order chi connectivity index (χ0) is 12.9. The predicted molar refractivity (Wildman–Crippen MR) is 66.1 cm³/mol. The van der Waals surface area contributed by atoms with Crippen LogP contribution >= 0.6 is 0 Å². The van der Waals surface area contributed by atoms with E-state index < -0.39 is 9.84 Å². The highest BCUT2D eigenvalue weighted by Gasteiger charge is 2.05. The average molecular weight is 257 g/mol. The summed E-state index contributed by atoms with van der Waals surface area (Å²) < 4.78 is 22.4. The van der Waals surface area contributed by atoms with E-state index >= 15 is 0 Å². The first-order chi connectivity index (χ1) is 7.93. The number of sulfone groups is 1. The standard InChI is InChI=1S/C10H15N3O3S/c1-17(15,16)9-4-2-8(3-5-9)12-7-6-10(11)13-14/h2-5,12,14H,6-7H2,1H3,(H2,11,13). The molecule has 0 aromatic heterocycles. The van der Waals surface area contributed by atoms with Crippen molar-refractivity contribution in [3.63, 3.8) is 0 Å². The Morgan fingerprint density at radius 3 is 2.47 bits per heavy atom. The maximum atomic E-state index is 11.2. The molecule has 1 aromatic rings. The highest BCUT2D eigenvalue weighted by molar-refractivity contribution is 7.90. The van der Waals surface area contributed by atoms with Crippen LogP contribution in [0.25, 0.3) is 0 Å². The average Bonchev–Trinajstić information content (AvgIpc) is 2.28. The lowest BCUT2D eigenvalue weighted by Crippen LogP contribution is -2.16.